The van der Waals surface area contributed by atoms with Gasteiger partial charge in [0.05, 0.1) is 6.61 Å². The van der Waals surface area contributed by atoms with E-state index >= 15 is 0 Å². The van der Waals surface area contributed by atoms with Crippen molar-refractivity contribution in [2.75, 3.05) is 6.61 Å². The highest BCUT2D eigenvalue weighted by atomic mass is 79.9. The highest BCUT2D eigenvalue weighted by Crippen LogP contribution is 2.38. The van der Waals surface area contributed by atoms with Gasteiger partial charge in [-0.2, -0.15) is 5.26 Å². The van der Waals surface area contributed by atoms with Gasteiger partial charge in [0.1, 0.15) is 23.8 Å². The van der Waals surface area contributed by atoms with E-state index in [1.54, 1.807) is 6.92 Å². The largest absolute Gasteiger partial charge is 0.466 e. The van der Waals surface area contributed by atoms with Crippen LogP contribution in [0.5, 0.6) is 0 Å². The molecule has 0 saturated carbocycles. The van der Waals surface area contributed by atoms with E-state index in [9.17, 15) is 10.1 Å². The van der Waals surface area contributed by atoms with Gasteiger partial charge >= 0.3 is 5.97 Å². The van der Waals surface area contributed by atoms with Crippen molar-refractivity contribution in [3.63, 3.8) is 0 Å². The maximum atomic E-state index is 12.0. The van der Waals surface area contributed by atoms with E-state index in [2.05, 4.69) is 22.0 Å². The molecule has 130 valence electrons. The van der Waals surface area contributed by atoms with Gasteiger partial charge in [-0.15, -0.1) is 0 Å². The van der Waals surface area contributed by atoms with Gasteiger partial charge in [0.2, 0.25) is 0 Å². The lowest BCUT2D eigenvalue weighted by atomic mass is 9.98. The molecule has 0 bridgehead atoms. The van der Waals surface area contributed by atoms with Crippen LogP contribution in [0.2, 0.25) is 0 Å². The van der Waals surface area contributed by atoms with Crippen LogP contribution in [0.15, 0.2) is 63.5 Å². The molecule has 0 aliphatic carbocycles. The fourth-order valence-electron chi connectivity index (χ4n) is 2.77. The number of nitrogens with zero attached hydrogens (tertiary/aromatic N) is 1. The predicted molar refractivity (Wildman–Crippen MR) is 102 cm³/mol. The molecule has 0 N–H and O–H groups in total. The summed E-state index contributed by atoms with van der Waals surface area (Å²) in [6, 6.07) is 19.2. The van der Waals surface area contributed by atoms with E-state index in [1.165, 1.54) is 0 Å². The van der Waals surface area contributed by atoms with Crippen molar-refractivity contribution in [2.24, 2.45) is 0 Å². The lowest BCUT2D eigenvalue weighted by Gasteiger charge is -2.04. The average molecular weight is 410 g/mol. The fourth-order valence-corrected chi connectivity index (χ4v) is 3.03. The molecule has 0 aliphatic heterocycles. The highest BCUT2D eigenvalue weighted by molar-refractivity contribution is 9.10. The Morgan fingerprint density at radius 2 is 1.81 bits per heavy atom. The Labute approximate surface area is 160 Å². The Hall–Kier alpha value is -2.84. The first kappa shape index (κ1) is 18.0. The van der Waals surface area contributed by atoms with Crippen LogP contribution < -0.4 is 0 Å². The summed E-state index contributed by atoms with van der Waals surface area (Å²) in [7, 11) is 0. The van der Waals surface area contributed by atoms with Crippen molar-refractivity contribution in [2.45, 2.75) is 13.3 Å². The van der Waals surface area contributed by atoms with Crippen molar-refractivity contribution in [1.29, 1.82) is 5.26 Å². The molecule has 2 aromatic carbocycles. The third kappa shape index (κ3) is 3.71. The molecule has 1 aromatic heterocycles. The van der Waals surface area contributed by atoms with Crippen LogP contribution in [-0.2, 0) is 16.0 Å². The van der Waals surface area contributed by atoms with Crippen LogP contribution in [0.1, 0.15) is 18.2 Å². The molecule has 0 saturated heterocycles. The van der Waals surface area contributed by atoms with Crippen molar-refractivity contribution in [1.82, 2.24) is 0 Å². The van der Waals surface area contributed by atoms with Crippen LogP contribution in [-0.4, -0.2) is 12.6 Å². The van der Waals surface area contributed by atoms with Crippen LogP contribution in [0, 0.1) is 11.3 Å². The normalized spacial score (nSPS) is 10.3. The molecule has 1 heterocycles. The summed E-state index contributed by atoms with van der Waals surface area (Å²) < 4.78 is 12.0. The molecule has 26 heavy (non-hydrogen) atoms. The third-order valence-electron chi connectivity index (χ3n) is 3.87. The molecule has 0 amide bonds. The van der Waals surface area contributed by atoms with Gasteiger partial charge in [-0.1, -0.05) is 58.4 Å². The van der Waals surface area contributed by atoms with E-state index in [4.69, 9.17) is 9.15 Å². The van der Waals surface area contributed by atoms with Gasteiger partial charge in [0, 0.05) is 15.6 Å². The zero-order chi connectivity index (χ0) is 18.5. The predicted octanol–water partition coefficient (Wildman–Crippen LogP) is 5.35. The minimum Gasteiger partial charge on any atom is -0.466 e. The lowest BCUT2D eigenvalue weighted by Crippen LogP contribution is -2.07. The Morgan fingerprint density at radius 1 is 1.12 bits per heavy atom. The number of hydrogen-bond donors (Lipinski definition) is 0. The number of hydrogen-bond acceptors (Lipinski definition) is 4. The van der Waals surface area contributed by atoms with Gasteiger partial charge in [-0.05, 0) is 24.6 Å². The van der Waals surface area contributed by atoms with Gasteiger partial charge < -0.3 is 9.15 Å². The molecular formula is C21H16BrNO3. The summed E-state index contributed by atoms with van der Waals surface area (Å²) in [5, 5.41) is 9.79. The van der Waals surface area contributed by atoms with E-state index in [-0.39, 0.29) is 12.4 Å². The lowest BCUT2D eigenvalue weighted by molar-refractivity contribution is -0.142. The van der Waals surface area contributed by atoms with Crippen molar-refractivity contribution >= 4 is 21.9 Å². The monoisotopic (exact) mass is 409 g/mol. The van der Waals surface area contributed by atoms with Crippen LogP contribution in [0.25, 0.3) is 22.5 Å². The molecule has 5 heteroatoms. The molecule has 0 atom stereocenters. The Balaban J connectivity index is 2.18. The molecule has 4 nitrogen and oxygen atoms in total. The topological polar surface area (TPSA) is 63.2 Å². The second-order valence-electron chi connectivity index (χ2n) is 5.57. The van der Waals surface area contributed by atoms with E-state index < -0.39 is 0 Å². The quantitative estimate of drug-likeness (QED) is 0.532. The first-order valence-corrected chi connectivity index (χ1v) is 8.96. The minimum absolute atomic E-state index is 0.0270. The molecule has 0 unspecified atom stereocenters. The Morgan fingerprint density at radius 3 is 2.42 bits per heavy atom. The Bertz CT molecular complexity index is 953. The first-order valence-electron chi connectivity index (χ1n) is 8.16. The van der Waals surface area contributed by atoms with E-state index in [1.807, 2.05) is 54.6 Å². The zero-order valence-electron chi connectivity index (χ0n) is 14.2. The summed E-state index contributed by atoms with van der Waals surface area (Å²) >= 11 is 3.41. The number of furan rings is 1. The fraction of sp³-hybridized carbons (Fsp3) is 0.143. The number of benzene rings is 2. The van der Waals surface area contributed by atoms with Crippen LogP contribution in [0.4, 0.5) is 0 Å². The molecule has 3 aromatic rings. The minimum atomic E-state index is -0.385. The van der Waals surface area contributed by atoms with Crippen molar-refractivity contribution < 1.29 is 13.9 Å². The maximum absolute atomic E-state index is 12.0. The molecule has 0 fully saturated rings. The van der Waals surface area contributed by atoms with E-state index in [0.29, 0.717) is 29.3 Å². The molecular weight excluding hydrogens is 394 g/mol. The summed E-state index contributed by atoms with van der Waals surface area (Å²) in [6.45, 7) is 2.05. The number of carbonyl (C=O) groups is 1. The van der Waals surface area contributed by atoms with Gasteiger partial charge in [-0.3, -0.25) is 4.79 Å². The van der Waals surface area contributed by atoms with Crippen LogP contribution >= 0.6 is 15.9 Å². The molecule has 3 rings (SSSR count). The standard InChI is InChI=1S/C21H16BrNO3/c1-2-25-19(24)12-18-20(14-8-10-16(22)11-9-14)17(13-23)21(26-18)15-6-4-3-5-7-15/h3-11H,2,12H2,1H3. The van der Waals surface area contributed by atoms with Crippen LogP contribution in [0.3, 0.4) is 0 Å². The highest BCUT2D eigenvalue weighted by Gasteiger charge is 2.24. The summed E-state index contributed by atoms with van der Waals surface area (Å²) in [5.41, 5.74) is 2.65. The zero-order valence-corrected chi connectivity index (χ0v) is 15.7. The second kappa shape index (κ2) is 8.03. The first-order chi connectivity index (χ1) is 12.6. The summed E-state index contributed by atoms with van der Waals surface area (Å²) in [6.07, 6.45) is -0.0270. The number of nitriles is 1. The van der Waals surface area contributed by atoms with Gasteiger partial charge in [-0.25, -0.2) is 0 Å². The third-order valence-corrected chi connectivity index (χ3v) is 4.40. The van der Waals surface area contributed by atoms with Crippen molar-refractivity contribution in [3.8, 4) is 28.5 Å². The number of esters is 1. The van der Waals surface area contributed by atoms with Crippen molar-refractivity contribution in [3.05, 3.63) is 70.4 Å². The molecule has 0 spiro atoms. The summed E-state index contributed by atoms with van der Waals surface area (Å²) in [5.74, 6) is 0.509. The number of carbonyl (C=O) groups excluding carboxylic acids is 1. The smallest absolute Gasteiger partial charge is 0.313 e. The SMILES string of the molecule is CCOC(=O)Cc1oc(-c2ccccc2)c(C#N)c1-c1ccc(Br)cc1. The number of halogens is 1. The second-order valence-corrected chi connectivity index (χ2v) is 6.49. The number of rotatable bonds is 5. The van der Waals surface area contributed by atoms with Gasteiger partial charge in [0.15, 0.2) is 5.76 Å². The van der Waals surface area contributed by atoms with Gasteiger partial charge in [0.25, 0.3) is 0 Å². The maximum Gasteiger partial charge on any atom is 0.313 e. The Kier molecular flexibility index (Phi) is 5.55. The molecule has 0 aliphatic rings. The molecule has 0 radical (unpaired) electrons. The number of ether oxygens (including phenoxy) is 1. The van der Waals surface area contributed by atoms with E-state index in [0.717, 1.165) is 15.6 Å². The summed E-state index contributed by atoms with van der Waals surface area (Å²) in [4.78, 5) is 12.0. The average Bonchev–Trinajstić information content (AvgIpc) is 3.01.